The van der Waals surface area contributed by atoms with Crippen molar-refractivity contribution in [2.45, 2.75) is 31.7 Å². The van der Waals surface area contributed by atoms with Crippen molar-refractivity contribution >= 4 is 0 Å². The van der Waals surface area contributed by atoms with Crippen LogP contribution in [-0.2, 0) is 19.9 Å². The van der Waals surface area contributed by atoms with E-state index in [1.165, 1.54) is 11.1 Å². The number of hydrogen-bond acceptors (Lipinski definition) is 5. The van der Waals surface area contributed by atoms with Crippen molar-refractivity contribution in [1.29, 1.82) is 0 Å². The molecule has 0 radical (unpaired) electrons. The van der Waals surface area contributed by atoms with E-state index < -0.39 is 0 Å². The largest absolute Gasteiger partial charge is 0.334 e. The molecule has 0 bridgehead atoms. The van der Waals surface area contributed by atoms with Gasteiger partial charge in [0.05, 0.1) is 6.20 Å². The summed E-state index contributed by atoms with van der Waals surface area (Å²) in [6.45, 7) is 0. The predicted molar refractivity (Wildman–Crippen MR) is 85.6 cm³/mol. The summed E-state index contributed by atoms with van der Waals surface area (Å²) in [5, 5.41) is 8.23. The Kier molecular flexibility index (Phi) is 3.46. The quantitative estimate of drug-likeness (QED) is 0.803. The maximum absolute atomic E-state index is 6.17. The first-order chi connectivity index (χ1) is 11.2. The maximum Gasteiger partial charge on any atom is 0.257 e. The van der Waals surface area contributed by atoms with Gasteiger partial charge in [0.2, 0.25) is 0 Å². The first-order valence-electron chi connectivity index (χ1n) is 7.88. The van der Waals surface area contributed by atoms with Gasteiger partial charge in [0, 0.05) is 31.3 Å². The molecule has 0 amide bonds. The van der Waals surface area contributed by atoms with Crippen LogP contribution in [0.3, 0.4) is 0 Å². The third-order valence-corrected chi connectivity index (χ3v) is 4.34. The van der Waals surface area contributed by atoms with E-state index in [0.29, 0.717) is 18.1 Å². The first kappa shape index (κ1) is 14.1. The number of aryl methyl sites for hydroxylation is 2. The molecule has 0 saturated carbocycles. The number of aromatic nitrogens is 4. The molecule has 23 heavy (non-hydrogen) atoms. The molecule has 6 heteroatoms. The van der Waals surface area contributed by atoms with E-state index in [1.807, 2.05) is 25.5 Å². The zero-order valence-corrected chi connectivity index (χ0v) is 13.1. The minimum atomic E-state index is 0.150. The number of hydrogen-bond donors (Lipinski definition) is 1. The van der Waals surface area contributed by atoms with Gasteiger partial charge in [0.15, 0.2) is 5.82 Å². The molecule has 118 valence electrons. The van der Waals surface area contributed by atoms with E-state index in [4.69, 9.17) is 10.3 Å². The lowest BCUT2D eigenvalue weighted by atomic mass is 9.87. The maximum atomic E-state index is 6.17. The molecule has 0 saturated heterocycles. The zero-order chi connectivity index (χ0) is 15.8. The molecule has 1 atom stereocenters. The van der Waals surface area contributed by atoms with Crippen LogP contribution in [0.4, 0.5) is 0 Å². The van der Waals surface area contributed by atoms with Crippen molar-refractivity contribution in [2.75, 3.05) is 0 Å². The SMILES string of the molecule is Cn1cc(Cc2noc(-c3ccc4c(c3)CCCC4N)n2)cn1. The summed E-state index contributed by atoms with van der Waals surface area (Å²) in [5.41, 5.74) is 10.7. The molecule has 1 aliphatic carbocycles. The molecule has 0 aliphatic heterocycles. The smallest absolute Gasteiger partial charge is 0.257 e. The lowest BCUT2D eigenvalue weighted by Crippen LogP contribution is -2.17. The summed E-state index contributed by atoms with van der Waals surface area (Å²) in [6, 6.07) is 6.40. The second-order valence-electron chi connectivity index (χ2n) is 6.13. The lowest BCUT2D eigenvalue weighted by molar-refractivity contribution is 0.424. The van der Waals surface area contributed by atoms with Crippen molar-refractivity contribution in [2.24, 2.45) is 12.8 Å². The molecule has 2 N–H and O–H groups in total. The van der Waals surface area contributed by atoms with Crippen LogP contribution in [0, 0.1) is 0 Å². The third kappa shape index (κ3) is 2.77. The minimum Gasteiger partial charge on any atom is -0.334 e. The molecule has 1 aromatic carbocycles. The molecule has 0 spiro atoms. The van der Waals surface area contributed by atoms with Gasteiger partial charge < -0.3 is 10.3 Å². The minimum absolute atomic E-state index is 0.150. The number of nitrogens with zero attached hydrogens (tertiary/aromatic N) is 4. The summed E-state index contributed by atoms with van der Waals surface area (Å²) >= 11 is 0. The van der Waals surface area contributed by atoms with Gasteiger partial charge in [-0.15, -0.1) is 0 Å². The van der Waals surface area contributed by atoms with E-state index in [0.717, 1.165) is 30.4 Å². The van der Waals surface area contributed by atoms with Crippen LogP contribution in [-0.4, -0.2) is 19.9 Å². The van der Waals surface area contributed by atoms with Crippen LogP contribution in [0.15, 0.2) is 35.1 Å². The highest BCUT2D eigenvalue weighted by atomic mass is 16.5. The molecule has 1 aliphatic rings. The number of rotatable bonds is 3. The summed E-state index contributed by atoms with van der Waals surface area (Å²) < 4.78 is 7.19. The van der Waals surface area contributed by atoms with Crippen LogP contribution < -0.4 is 5.73 Å². The highest BCUT2D eigenvalue weighted by Crippen LogP contribution is 2.31. The zero-order valence-electron chi connectivity index (χ0n) is 13.1. The van der Waals surface area contributed by atoms with Crippen LogP contribution in [0.25, 0.3) is 11.5 Å². The first-order valence-corrected chi connectivity index (χ1v) is 7.88. The van der Waals surface area contributed by atoms with Crippen LogP contribution in [0.2, 0.25) is 0 Å². The van der Waals surface area contributed by atoms with Crippen LogP contribution in [0.5, 0.6) is 0 Å². The topological polar surface area (TPSA) is 82.8 Å². The highest BCUT2D eigenvalue weighted by Gasteiger charge is 2.18. The molecular weight excluding hydrogens is 290 g/mol. The molecule has 6 nitrogen and oxygen atoms in total. The Morgan fingerprint density at radius 2 is 2.30 bits per heavy atom. The Morgan fingerprint density at radius 3 is 3.13 bits per heavy atom. The molecule has 0 fully saturated rings. The van der Waals surface area contributed by atoms with Crippen molar-refractivity contribution < 1.29 is 4.52 Å². The van der Waals surface area contributed by atoms with E-state index in [9.17, 15) is 0 Å². The van der Waals surface area contributed by atoms with Gasteiger partial charge in [0.1, 0.15) is 0 Å². The average molecular weight is 309 g/mol. The van der Waals surface area contributed by atoms with Gasteiger partial charge in [-0.3, -0.25) is 4.68 Å². The standard InChI is InChI=1S/C17H19N5O/c1-22-10-11(9-19-22)7-16-20-17(23-21-16)13-5-6-14-12(8-13)3-2-4-15(14)18/h5-6,8-10,15H,2-4,7,18H2,1H3. The Bertz CT molecular complexity index is 835. The van der Waals surface area contributed by atoms with Crippen molar-refractivity contribution in [1.82, 2.24) is 19.9 Å². The van der Waals surface area contributed by atoms with Gasteiger partial charge in [-0.05, 0) is 48.1 Å². The fourth-order valence-electron chi connectivity index (χ4n) is 3.17. The number of fused-ring (bicyclic) bond motifs is 1. The Morgan fingerprint density at radius 1 is 1.39 bits per heavy atom. The molecule has 3 aromatic rings. The summed E-state index contributed by atoms with van der Waals surface area (Å²) in [6.07, 6.45) is 7.64. The van der Waals surface area contributed by atoms with E-state index in [2.05, 4.69) is 27.4 Å². The molecule has 1 unspecified atom stereocenters. The monoisotopic (exact) mass is 309 g/mol. The molecule has 2 aromatic heterocycles. The van der Waals surface area contributed by atoms with Gasteiger partial charge in [-0.25, -0.2) is 0 Å². The second-order valence-corrected chi connectivity index (χ2v) is 6.13. The fourth-order valence-corrected chi connectivity index (χ4v) is 3.17. The molecular formula is C17H19N5O. The fraction of sp³-hybridized carbons (Fsp3) is 0.353. The number of nitrogens with two attached hydrogens (primary N) is 1. The predicted octanol–water partition coefficient (Wildman–Crippen LogP) is 2.40. The van der Waals surface area contributed by atoms with Gasteiger partial charge in [-0.1, -0.05) is 11.2 Å². The molecule has 4 rings (SSSR count). The summed E-state index contributed by atoms with van der Waals surface area (Å²) in [4.78, 5) is 4.51. The van der Waals surface area contributed by atoms with Gasteiger partial charge >= 0.3 is 0 Å². The lowest BCUT2D eigenvalue weighted by Gasteiger charge is -2.22. The summed E-state index contributed by atoms with van der Waals surface area (Å²) in [5.74, 6) is 1.23. The van der Waals surface area contributed by atoms with Crippen molar-refractivity contribution in [3.05, 3.63) is 53.1 Å². The van der Waals surface area contributed by atoms with Crippen molar-refractivity contribution in [3.63, 3.8) is 0 Å². The number of benzene rings is 1. The van der Waals surface area contributed by atoms with Gasteiger partial charge in [0.25, 0.3) is 5.89 Å². The van der Waals surface area contributed by atoms with E-state index in [-0.39, 0.29) is 6.04 Å². The van der Waals surface area contributed by atoms with E-state index >= 15 is 0 Å². The second kappa shape index (κ2) is 5.62. The average Bonchev–Trinajstić information content (AvgIpc) is 3.17. The van der Waals surface area contributed by atoms with Crippen LogP contribution >= 0.6 is 0 Å². The van der Waals surface area contributed by atoms with Gasteiger partial charge in [-0.2, -0.15) is 10.1 Å². The molecule has 2 heterocycles. The summed E-state index contributed by atoms with van der Waals surface area (Å²) in [7, 11) is 1.89. The van der Waals surface area contributed by atoms with Crippen LogP contribution in [0.1, 0.15) is 41.4 Å². The highest BCUT2D eigenvalue weighted by molar-refractivity contribution is 5.56. The normalized spacial score (nSPS) is 17.2. The van der Waals surface area contributed by atoms with Crippen molar-refractivity contribution in [3.8, 4) is 11.5 Å². The third-order valence-electron chi connectivity index (χ3n) is 4.34. The Balaban J connectivity index is 1.59. The Labute approximate surface area is 134 Å². The Hall–Kier alpha value is -2.47. The van der Waals surface area contributed by atoms with E-state index in [1.54, 1.807) is 4.68 Å².